The molecule has 0 unspecified atom stereocenters. The normalized spacial score (nSPS) is 18.6. The first kappa shape index (κ1) is 20.1. The maximum absolute atomic E-state index is 13.5. The fourth-order valence-electron chi connectivity index (χ4n) is 4.92. The number of benzene rings is 1. The van der Waals surface area contributed by atoms with Crippen LogP contribution in [0.4, 0.5) is 0 Å². The molecule has 2 aliphatic rings. The highest BCUT2D eigenvalue weighted by Crippen LogP contribution is 2.25. The summed E-state index contributed by atoms with van der Waals surface area (Å²) in [5.41, 5.74) is 2.15. The molecule has 0 bridgehead atoms. The van der Waals surface area contributed by atoms with E-state index in [0.29, 0.717) is 12.5 Å². The number of hydrogen-bond acceptors (Lipinski definition) is 2. The van der Waals surface area contributed by atoms with E-state index in [1.807, 2.05) is 29.1 Å². The highest BCUT2D eigenvalue weighted by Gasteiger charge is 2.27. The predicted octanol–water partition coefficient (Wildman–Crippen LogP) is 2.85. The zero-order chi connectivity index (χ0) is 19.9. The summed E-state index contributed by atoms with van der Waals surface area (Å²) in [5, 5.41) is 4.54. The van der Waals surface area contributed by atoms with E-state index in [1.165, 1.54) is 51.6 Å². The number of para-hydroxylation sites is 1. The quantitative estimate of drug-likeness (QED) is 0.733. The van der Waals surface area contributed by atoms with Crippen molar-refractivity contribution in [3.63, 3.8) is 0 Å². The van der Waals surface area contributed by atoms with Gasteiger partial charge in [-0.25, -0.2) is 4.68 Å². The molecular weight excluding hydrogens is 360 g/mol. The lowest BCUT2D eigenvalue weighted by Gasteiger charge is -2.28. The lowest BCUT2D eigenvalue weighted by molar-refractivity contribution is -0.886. The summed E-state index contributed by atoms with van der Waals surface area (Å²) in [6, 6.07) is 12.3. The summed E-state index contributed by atoms with van der Waals surface area (Å²) < 4.78 is 1.98. The second kappa shape index (κ2) is 10.1. The predicted molar refractivity (Wildman–Crippen MR) is 115 cm³/mol. The molecule has 1 aliphatic carbocycles. The minimum Gasteiger partial charge on any atom is -0.333 e. The van der Waals surface area contributed by atoms with Crippen LogP contribution in [0.2, 0.25) is 0 Å². The summed E-state index contributed by atoms with van der Waals surface area (Å²) in [5.74, 6) is 0.575. The van der Waals surface area contributed by atoms with Crippen LogP contribution < -0.4 is 4.90 Å². The topological polar surface area (TPSA) is 42.6 Å². The van der Waals surface area contributed by atoms with Gasteiger partial charge >= 0.3 is 0 Å². The second-order valence-corrected chi connectivity index (χ2v) is 8.73. The highest BCUT2D eigenvalue weighted by molar-refractivity contribution is 5.78. The van der Waals surface area contributed by atoms with Crippen LogP contribution in [0.3, 0.4) is 0 Å². The number of quaternary nitrogens is 1. The molecule has 1 aromatic heterocycles. The number of hydrogen-bond donors (Lipinski definition) is 1. The number of aromatic nitrogens is 2. The van der Waals surface area contributed by atoms with Crippen molar-refractivity contribution in [2.24, 2.45) is 5.92 Å². The van der Waals surface area contributed by atoms with Crippen LogP contribution in [0.25, 0.3) is 5.69 Å². The molecule has 0 spiro atoms. The molecule has 2 aromatic rings. The van der Waals surface area contributed by atoms with E-state index in [2.05, 4.69) is 28.2 Å². The third kappa shape index (κ3) is 5.27. The van der Waals surface area contributed by atoms with Gasteiger partial charge in [-0.05, 0) is 31.0 Å². The Hall–Kier alpha value is -2.14. The van der Waals surface area contributed by atoms with Gasteiger partial charge in [-0.2, -0.15) is 5.10 Å². The molecule has 2 fully saturated rings. The van der Waals surface area contributed by atoms with Gasteiger partial charge in [0.1, 0.15) is 0 Å². The molecular formula is C24H35N4O+. The third-order valence-corrected chi connectivity index (χ3v) is 6.64. The van der Waals surface area contributed by atoms with Gasteiger partial charge in [0, 0.05) is 25.0 Å². The van der Waals surface area contributed by atoms with Crippen molar-refractivity contribution >= 4 is 5.91 Å². The molecule has 1 aromatic carbocycles. The van der Waals surface area contributed by atoms with Crippen molar-refractivity contribution in [3.8, 4) is 5.69 Å². The number of rotatable bonds is 7. The number of nitrogens with zero attached hydrogens (tertiary/aromatic N) is 3. The molecule has 0 atom stereocenters. The number of carbonyl (C=O) groups is 1. The van der Waals surface area contributed by atoms with Crippen LogP contribution in [-0.2, 0) is 11.3 Å². The molecule has 1 amide bonds. The summed E-state index contributed by atoms with van der Waals surface area (Å²) in [7, 11) is 0. The fraction of sp³-hybridized carbons (Fsp3) is 0.583. The third-order valence-electron chi connectivity index (χ3n) is 6.64. The fourth-order valence-corrected chi connectivity index (χ4v) is 4.92. The van der Waals surface area contributed by atoms with Crippen LogP contribution in [0, 0.1) is 5.92 Å². The van der Waals surface area contributed by atoms with Crippen LogP contribution in [0.5, 0.6) is 0 Å². The van der Waals surface area contributed by atoms with Gasteiger partial charge in [0.15, 0.2) is 0 Å². The van der Waals surface area contributed by atoms with Gasteiger partial charge in [0.05, 0.1) is 44.1 Å². The SMILES string of the molecule is O=C(C1CCCCCC1)N(CC[NH+]1CCCC1)Cc1ccnn1-c1ccccc1. The van der Waals surface area contributed by atoms with E-state index < -0.39 is 0 Å². The molecule has 2 heterocycles. The number of amides is 1. The van der Waals surface area contributed by atoms with Crippen molar-refractivity contribution in [2.75, 3.05) is 26.2 Å². The number of likely N-dealkylation sites (tertiary alicyclic amines) is 1. The van der Waals surface area contributed by atoms with E-state index in [4.69, 9.17) is 0 Å². The molecule has 0 radical (unpaired) electrons. The van der Waals surface area contributed by atoms with Gasteiger partial charge < -0.3 is 9.80 Å². The van der Waals surface area contributed by atoms with Gasteiger partial charge in [0.25, 0.3) is 0 Å². The summed E-state index contributed by atoms with van der Waals surface area (Å²) in [6.07, 6.45) is 11.6. The first-order valence-electron chi connectivity index (χ1n) is 11.5. The Morgan fingerprint density at radius 1 is 1.00 bits per heavy atom. The Morgan fingerprint density at radius 2 is 1.72 bits per heavy atom. The van der Waals surface area contributed by atoms with Crippen LogP contribution in [0.1, 0.15) is 57.1 Å². The molecule has 1 saturated carbocycles. The van der Waals surface area contributed by atoms with Crippen molar-refractivity contribution in [2.45, 2.75) is 57.9 Å². The van der Waals surface area contributed by atoms with E-state index >= 15 is 0 Å². The standard InChI is InChI=1S/C24H34N4O/c29-24(21-10-4-1-2-5-11-21)27(19-18-26-16-8-9-17-26)20-23-14-15-25-28(23)22-12-6-3-7-13-22/h3,6-7,12-15,21H,1-2,4-5,8-11,16-20H2/p+1. The molecule has 1 saturated heterocycles. The van der Waals surface area contributed by atoms with Crippen molar-refractivity contribution in [1.82, 2.24) is 14.7 Å². The zero-order valence-electron chi connectivity index (χ0n) is 17.6. The molecule has 1 aliphatic heterocycles. The Kier molecular flexibility index (Phi) is 6.99. The summed E-state index contributed by atoms with van der Waals surface area (Å²) in [6.45, 7) is 5.08. The second-order valence-electron chi connectivity index (χ2n) is 8.73. The Bertz CT molecular complexity index is 758. The zero-order valence-corrected chi connectivity index (χ0v) is 17.6. The van der Waals surface area contributed by atoms with Crippen LogP contribution >= 0.6 is 0 Å². The average molecular weight is 396 g/mol. The average Bonchev–Trinajstić information content (AvgIpc) is 3.37. The van der Waals surface area contributed by atoms with Crippen LogP contribution in [0.15, 0.2) is 42.6 Å². The van der Waals surface area contributed by atoms with Gasteiger partial charge in [-0.1, -0.05) is 43.9 Å². The van der Waals surface area contributed by atoms with Gasteiger partial charge in [0.2, 0.25) is 5.91 Å². The first-order chi connectivity index (χ1) is 14.3. The van der Waals surface area contributed by atoms with Gasteiger partial charge in [-0.15, -0.1) is 0 Å². The van der Waals surface area contributed by atoms with E-state index in [0.717, 1.165) is 37.3 Å². The largest absolute Gasteiger partial charge is 0.333 e. The lowest BCUT2D eigenvalue weighted by Crippen LogP contribution is -3.10. The van der Waals surface area contributed by atoms with E-state index in [1.54, 1.807) is 4.90 Å². The Labute approximate surface area is 174 Å². The first-order valence-corrected chi connectivity index (χ1v) is 11.5. The molecule has 5 heteroatoms. The van der Waals surface area contributed by atoms with Crippen molar-refractivity contribution in [3.05, 3.63) is 48.3 Å². The lowest BCUT2D eigenvalue weighted by atomic mass is 9.98. The smallest absolute Gasteiger partial charge is 0.226 e. The molecule has 156 valence electrons. The molecule has 29 heavy (non-hydrogen) atoms. The maximum atomic E-state index is 13.5. The highest BCUT2D eigenvalue weighted by atomic mass is 16.2. The minimum absolute atomic E-state index is 0.208. The molecule has 5 nitrogen and oxygen atoms in total. The van der Waals surface area contributed by atoms with Gasteiger partial charge in [-0.3, -0.25) is 4.79 Å². The Morgan fingerprint density at radius 3 is 2.45 bits per heavy atom. The Balaban J connectivity index is 1.50. The van der Waals surface area contributed by atoms with E-state index in [-0.39, 0.29) is 5.92 Å². The number of carbonyl (C=O) groups excluding carboxylic acids is 1. The van der Waals surface area contributed by atoms with E-state index in [9.17, 15) is 4.79 Å². The van der Waals surface area contributed by atoms with Crippen LogP contribution in [-0.4, -0.2) is 46.8 Å². The minimum atomic E-state index is 0.208. The molecule has 4 rings (SSSR count). The van der Waals surface area contributed by atoms with Crippen molar-refractivity contribution in [1.29, 1.82) is 0 Å². The summed E-state index contributed by atoms with van der Waals surface area (Å²) >= 11 is 0. The maximum Gasteiger partial charge on any atom is 0.226 e. The van der Waals surface area contributed by atoms with Crippen molar-refractivity contribution < 1.29 is 9.69 Å². The number of nitrogens with one attached hydrogen (secondary N) is 1. The summed E-state index contributed by atoms with van der Waals surface area (Å²) in [4.78, 5) is 17.3. The molecule has 1 N–H and O–H groups in total. The monoisotopic (exact) mass is 395 g/mol.